The number of alkyl halides is 3. The summed E-state index contributed by atoms with van der Waals surface area (Å²) in [7, 11) is 2.11. The van der Waals surface area contributed by atoms with Crippen LogP contribution in [0.2, 0.25) is 0 Å². The number of aliphatic hydroxyl groups is 2. The average molecular weight is 763 g/mol. The number of ether oxygens (including phenoxy) is 3. The van der Waals surface area contributed by atoms with Crippen LogP contribution in [0.5, 0.6) is 5.75 Å². The van der Waals surface area contributed by atoms with Gasteiger partial charge >= 0.3 is 6.18 Å². The molecule has 4 unspecified atom stereocenters. The van der Waals surface area contributed by atoms with E-state index >= 15 is 0 Å². The lowest BCUT2D eigenvalue weighted by atomic mass is 9.41. The molecule has 2 aromatic carbocycles. The van der Waals surface area contributed by atoms with Gasteiger partial charge in [0.25, 0.3) is 0 Å². The summed E-state index contributed by atoms with van der Waals surface area (Å²) >= 11 is 0. The number of piperidine rings is 1. The Bertz CT molecular complexity index is 1820. The monoisotopic (exact) mass is 762 g/mol. The molecule has 2 N–H and O–H groups in total. The van der Waals surface area contributed by atoms with Crippen LogP contribution in [0.3, 0.4) is 0 Å². The zero-order valence-corrected chi connectivity index (χ0v) is 32.7. The Labute approximate surface area is 323 Å². The first-order valence-corrected chi connectivity index (χ1v) is 20.6. The molecule has 7 aliphatic rings. The van der Waals surface area contributed by atoms with Gasteiger partial charge in [0.15, 0.2) is 5.76 Å². The van der Waals surface area contributed by atoms with Crippen molar-refractivity contribution in [3.8, 4) is 5.75 Å². The Kier molecular flexibility index (Phi) is 8.86. The molecule has 2 aromatic rings. The van der Waals surface area contributed by atoms with E-state index in [9.17, 15) is 23.4 Å². The third-order valence-corrected chi connectivity index (χ3v) is 14.5. The van der Waals surface area contributed by atoms with Crippen LogP contribution in [-0.2, 0) is 15.7 Å². The number of hydrogen-bond donors (Lipinski definition) is 2. The van der Waals surface area contributed by atoms with E-state index in [0.29, 0.717) is 24.4 Å². The van der Waals surface area contributed by atoms with Gasteiger partial charge in [0, 0.05) is 44.4 Å². The Morgan fingerprint density at radius 1 is 1.04 bits per heavy atom. The number of benzene rings is 2. The summed E-state index contributed by atoms with van der Waals surface area (Å²) in [6.45, 7) is 10.4. The Hall–Kier alpha value is -3.05. The Morgan fingerprint density at radius 3 is 2.45 bits per heavy atom. The summed E-state index contributed by atoms with van der Waals surface area (Å²) in [5.74, 6) is 2.28. The number of rotatable bonds is 12. The van der Waals surface area contributed by atoms with Crippen molar-refractivity contribution >= 4 is 0 Å². The van der Waals surface area contributed by atoms with E-state index in [1.165, 1.54) is 25.0 Å². The van der Waals surface area contributed by atoms with Gasteiger partial charge in [-0.25, -0.2) is 0 Å². The number of aliphatic hydroxyl groups excluding tert-OH is 1. The van der Waals surface area contributed by atoms with Crippen molar-refractivity contribution in [2.75, 3.05) is 33.2 Å². The van der Waals surface area contributed by atoms with Gasteiger partial charge in [-0.1, -0.05) is 50.3 Å². The highest BCUT2D eigenvalue weighted by Gasteiger charge is 2.82. The van der Waals surface area contributed by atoms with Crippen molar-refractivity contribution in [1.82, 2.24) is 9.80 Å². The fourth-order valence-corrected chi connectivity index (χ4v) is 12.7. The van der Waals surface area contributed by atoms with E-state index in [1.807, 2.05) is 36.4 Å². The maximum Gasteiger partial charge on any atom is 0.416 e. The molecular formula is C45H57F3N2O5. The van der Waals surface area contributed by atoms with E-state index in [4.69, 9.17) is 14.2 Å². The fourth-order valence-electron chi connectivity index (χ4n) is 12.7. The van der Waals surface area contributed by atoms with Crippen molar-refractivity contribution in [1.29, 1.82) is 0 Å². The lowest BCUT2D eigenvalue weighted by Crippen LogP contribution is -2.81. The van der Waals surface area contributed by atoms with Crippen molar-refractivity contribution in [2.24, 2.45) is 28.6 Å². The van der Waals surface area contributed by atoms with Crippen LogP contribution < -0.4 is 4.74 Å². The van der Waals surface area contributed by atoms with Crippen LogP contribution in [0.1, 0.15) is 95.8 Å². The molecule has 3 heterocycles. The molecule has 3 saturated heterocycles. The molecule has 10 heteroatoms. The molecule has 2 spiro atoms. The fraction of sp³-hybridized carbons (Fsp3) is 0.644. The summed E-state index contributed by atoms with van der Waals surface area (Å²) in [5.41, 5.74) is -2.04. The summed E-state index contributed by atoms with van der Waals surface area (Å²) in [5, 5.41) is 24.1. The van der Waals surface area contributed by atoms with Gasteiger partial charge < -0.3 is 29.3 Å². The van der Waals surface area contributed by atoms with E-state index in [0.717, 1.165) is 81.9 Å². The zero-order valence-electron chi connectivity index (χ0n) is 32.7. The van der Waals surface area contributed by atoms with Crippen molar-refractivity contribution in [2.45, 2.75) is 120 Å². The van der Waals surface area contributed by atoms with Gasteiger partial charge in [-0.3, -0.25) is 4.90 Å². The van der Waals surface area contributed by atoms with E-state index in [-0.39, 0.29) is 46.9 Å². The van der Waals surface area contributed by atoms with Gasteiger partial charge in [-0.05, 0) is 119 Å². The molecule has 0 aromatic heterocycles. The molecule has 3 aliphatic heterocycles. The van der Waals surface area contributed by atoms with Gasteiger partial charge in [-0.15, -0.1) is 0 Å². The molecule has 55 heavy (non-hydrogen) atoms. The maximum atomic E-state index is 13.2. The summed E-state index contributed by atoms with van der Waals surface area (Å²) in [4.78, 5) is 4.92. The van der Waals surface area contributed by atoms with Crippen LogP contribution in [0.25, 0.3) is 0 Å². The Morgan fingerprint density at radius 2 is 1.76 bits per heavy atom. The van der Waals surface area contributed by atoms with Crippen molar-refractivity contribution < 1.29 is 37.6 Å². The second-order valence-electron chi connectivity index (χ2n) is 19.4. The van der Waals surface area contributed by atoms with Crippen molar-refractivity contribution in [3.63, 3.8) is 0 Å². The van der Waals surface area contributed by atoms with Crippen LogP contribution in [-0.4, -0.2) is 82.2 Å². The second kappa shape index (κ2) is 13.0. The van der Waals surface area contributed by atoms with E-state index in [1.54, 1.807) is 0 Å². The molecule has 4 aliphatic carbocycles. The second-order valence-corrected chi connectivity index (χ2v) is 19.4. The highest BCUT2D eigenvalue weighted by atomic mass is 19.4. The van der Waals surface area contributed by atoms with Gasteiger partial charge in [-0.2, -0.15) is 13.2 Å². The van der Waals surface area contributed by atoms with Crippen molar-refractivity contribution in [3.05, 3.63) is 89.4 Å². The highest BCUT2D eigenvalue weighted by Crippen LogP contribution is 2.74. The van der Waals surface area contributed by atoms with Gasteiger partial charge in [0.05, 0.1) is 22.2 Å². The minimum atomic E-state index is -4.39. The number of allylic oxidation sites excluding steroid dienone is 3. The molecular weight excluding hydrogens is 705 g/mol. The molecule has 7 nitrogen and oxygen atoms in total. The molecule has 0 radical (unpaired) electrons. The SMILES string of the molecule is CN(CCC(Oc1ccc(C(F)(F)F)cc1)c1ccccc1)CC(C)(C)CC1(C)C[C@@]2(CC[C@@]3(O)[C@H]4CC5C=CC(O)=C6O[C@@H]2[C@]3(CCN4CC2CC2)C65)O1. The molecule has 298 valence electrons. The summed E-state index contributed by atoms with van der Waals surface area (Å²) in [6.07, 6.45) is 7.14. The first-order valence-electron chi connectivity index (χ1n) is 20.6. The number of fused-ring (bicyclic) bond motifs is 1. The highest BCUT2D eigenvalue weighted by molar-refractivity contribution is 5.40. The average Bonchev–Trinajstić information content (AvgIpc) is 3.86. The standard InChI is InChI=1S/C45H57F3N2O5/c1-40(2,28-49(4)22-18-35(30-8-6-5-7-9-30)53-33-15-13-32(14-16-33)45(46,47)48)26-41(3)27-42(55-41)19-20-44(52)36-24-31-12-17-34(51)38-37(31)43(44,39(42)54-38)21-23-50(36)25-29-10-11-29/h5-9,12-17,29,31,35-37,39,51-52H,10-11,18-28H2,1-4H3/t31?,35?,36-,37?,39+,41?,42-,43+,44-/m1/s1. The largest absolute Gasteiger partial charge is 0.504 e. The maximum absolute atomic E-state index is 13.2. The number of likely N-dealkylation sites (tertiary alicyclic amines) is 1. The minimum absolute atomic E-state index is 0.0208. The topological polar surface area (TPSA) is 74.6 Å². The first-order chi connectivity index (χ1) is 26.0. The summed E-state index contributed by atoms with van der Waals surface area (Å²) in [6, 6.07) is 14.9. The van der Waals surface area contributed by atoms with Crippen LogP contribution in [0.15, 0.2) is 78.3 Å². The number of nitrogens with zero attached hydrogens (tertiary/aromatic N) is 2. The molecule has 3 saturated carbocycles. The Balaban J connectivity index is 0.869. The molecule has 2 bridgehead atoms. The third kappa shape index (κ3) is 6.32. The first kappa shape index (κ1) is 37.5. The molecule has 9 rings (SSSR count). The lowest BCUT2D eigenvalue weighted by molar-refractivity contribution is -0.368. The van der Waals surface area contributed by atoms with Crippen LogP contribution in [0.4, 0.5) is 13.2 Å². The normalized spacial score (nSPS) is 37.1. The van der Waals surface area contributed by atoms with Crippen LogP contribution in [0, 0.1) is 28.6 Å². The van der Waals surface area contributed by atoms with Gasteiger partial charge in [0.1, 0.15) is 29.3 Å². The predicted molar refractivity (Wildman–Crippen MR) is 203 cm³/mol. The van der Waals surface area contributed by atoms with Crippen LogP contribution >= 0.6 is 0 Å². The molecule has 0 amide bonds. The zero-order chi connectivity index (χ0) is 38.6. The van der Waals surface area contributed by atoms with Gasteiger partial charge in [0.2, 0.25) is 0 Å². The smallest absolute Gasteiger partial charge is 0.416 e. The lowest BCUT2D eigenvalue weighted by Gasteiger charge is -2.71. The molecule has 6 fully saturated rings. The minimum Gasteiger partial charge on any atom is -0.504 e. The predicted octanol–water partition coefficient (Wildman–Crippen LogP) is 8.85. The quantitative estimate of drug-likeness (QED) is 0.224. The number of halogens is 3. The summed E-state index contributed by atoms with van der Waals surface area (Å²) < 4.78 is 60.0. The van der Waals surface area contributed by atoms with E-state index in [2.05, 4.69) is 43.7 Å². The number of hydrogen-bond acceptors (Lipinski definition) is 7. The molecule has 9 atom stereocenters. The third-order valence-electron chi connectivity index (χ3n) is 14.5. The van der Waals surface area contributed by atoms with E-state index < -0.39 is 28.4 Å².